The Morgan fingerprint density at radius 3 is 0.733 bits per heavy atom. The van der Waals surface area contributed by atoms with Gasteiger partial charge in [-0.15, -0.1) is 0 Å². The minimum atomic E-state index is -1.29. The van der Waals surface area contributed by atoms with Crippen molar-refractivity contribution in [2.24, 2.45) is 0 Å². The number of aliphatic hydroxyl groups excluding tert-OH is 4. The summed E-state index contributed by atoms with van der Waals surface area (Å²) in [4.78, 5) is 12.7. The molecule has 0 fully saturated rings. The number of hydrogen-bond acceptors (Lipinski definition) is 5. The Morgan fingerprint density at radius 1 is 0.279 bits per heavy atom. The van der Waals surface area contributed by atoms with Gasteiger partial charge in [-0.2, -0.15) is 0 Å². The first kappa shape index (κ1) is 84.5. The maximum Gasteiger partial charge on any atom is 0.249 e. The van der Waals surface area contributed by atoms with Crippen molar-refractivity contribution in [1.29, 1.82) is 0 Å². The van der Waals surface area contributed by atoms with Crippen LogP contribution in [0.25, 0.3) is 0 Å². The quantitative estimate of drug-likeness (QED) is 0.0308. The molecule has 5 N–H and O–H groups in total. The second-order valence-electron chi connectivity index (χ2n) is 27.4. The lowest BCUT2D eigenvalue weighted by molar-refractivity contribution is -0.132. The van der Waals surface area contributed by atoms with E-state index in [2.05, 4.69) is 55.6 Å². The van der Waals surface area contributed by atoms with Gasteiger partial charge in [-0.05, 0) is 77.0 Å². The molecule has 6 heteroatoms. The van der Waals surface area contributed by atoms with E-state index in [9.17, 15) is 25.2 Å². The summed E-state index contributed by atoms with van der Waals surface area (Å²) < 4.78 is 0. The summed E-state index contributed by atoms with van der Waals surface area (Å²) in [7, 11) is 0. The first-order chi connectivity index (χ1) is 42.5. The third-order valence-corrected chi connectivity index (χ3v) is 18.8. The fourth-order valence-electron chi connectivity index (χ4n) is 12.7. The molecule has 6 nitrogen and oxygen atoms in total. The topological polar surface area (TPSA) is 110 Å². The SMILES string of the molecule is CCCCCCCCCCCCCCCCCCCC/C=C\CCCCCCCCCCCCCCCCCCC(O)C(=O)NC(CO)C(O)C(O)CCC/C=C/CC/C=C/CCCCCCCCCCCCCCCCCCCCCCCCC. The molecule has 0 saturated heterocycles. The Morgan fingerprint density at radius 2 is 0.488 bits per heavy atom. The fraction of sp³-hybridized carbons (Fsp3) is 0.912. The summed E-state index contributed by atoms with van der Waals surface area (Å²) in [5, 5.41) is 44.3. The summed E-state index contributed by atoms with van der Waals surface area (Å²) in [5.74, 6) is -0.590. The number of aliphatic hydroxyl groups is 4. The average molecular weight is 1210 g/mol. The van der Waals surface area contributed by atoms with Crippen LogP contribution in [-0.2, 0) is 4.79 Å². The maximum absolute atomic E-state index is 12.7. The highest BCUT2D eigenvalue weighted by molar-refractivity contribution is 5.80. The molecule has 510 valence electrons. The molecule has 86 heavy (non-hydrogen) atoms. The number of amides is 1. The van der Waals surface area contributed by atoms with Gasteiger partial charge in [0.15, 0.2) is 0 Å². The van der Waals surface area contributed by atoms with Gasteiger partial charge >= 0.3 is 0 Å². The minimum absolute atomic E-state index is 0.363. The van der Waals surface area contributed by atoms with Crippen molar-refractivity contribution in [1.82, 2.24) is 5.32 Å². The summed E-state index contributed by atoms with van der Waals surface area (Å²) in [6.45, 7) is 4.10. The van der Waals surface area contributed by atoms with Crippen molar-refractivity contribution in [3.63, 3.8) is 0 Å². The third-order valence-electron chi connectivity index (χ3n) is 18.8. The van der Waals surface area contributed by atoms with Crippen LogP contribution in [-0.4, -0.2) is 57.3 Å². The number of carbonyl (C=O) groups is 1. The molecule has 0 heterocycles. The zero-order valence-corrected chi connectivity index (χ0v) is 58.3. The van der Waals surface area contributed by atoms with E-state index < -0.39 is 36.9 Å². The number of nitrogens with one attached hydrogen (secondary N) is 1. The smallest absolute Gasteiger partial charge is 0.249 e. The second-order valence-corrected chi connectivity index (χ2v) is 27.4. The van der Waals surface area contributed by atoms with Crippen molar-refractivity contribution in [3.05, 3.63) is 36.5 Å². The third kappa shape index (κ3) is 66.9. The molecule has 4 atom stereocenters. The Balaban J connectivity index is 3.54. The normalized spacial score (nSPS) is 13.5. The molecule has 0 saturated carbocycles. The van der Waals surface area contributed by atoms with Gasteiger partial charge in [0.2, 0.25) is 5.91 Å². The number of unbranched alkanes of at least 4 members (excludes halogenated alkanes) is 59. The molecule has 0 aliphatic heterocycles. The molecule has 0 bridgehead atoms. The van der Waals surface area contributed by atoms with Crippen molar-refractivity contribution < 1.29 is 25.2 Å². The monoisotopic (exact) mass is 1210 g/mol. The van der Waals surface area contributed by atoms with Gasteiger partial charge in [0.1, 0.15) is 12.2 Å². The average Bonchev–Trinajstić information content (AvgIpc) is 3.73. The van der Waals surface area contributed by atoms with Crippen LogP contribution < -0.4 is 5.32 Å². The molecule has 0 aromatic carbocycles. The summed E-state index contributed by atoms with van der Waals surface area (Å²) in [6, 6.07) is -1.01. The highest BCUT2D eigenvalue weighted by Crippen LogP contribution is 2.20. The van der Waals surface area contributed by atoms with Crippen molar-refractivity contribution in [2.75, 3.05) is 6.61 Å². The van der Waals surface area contributed by atoms with E-state index in [4.69, 9.17) is 0 Å². The van der Waals surface area contributed by atoms with E-state index in [0.29, 0.717) is 19.3 Å². The van der Waals surface area contributed by atoms with E-state index in [0.717, 1.165) is 38.5 Å². The molecule has 0 rings (SSSR count). The van der Waals surface area contributed by atoms with Crippen molar-refractivity contribution in [3.8, 4) is 0 Å². The summed E-state index contributed by atoms with van der Waals surface area (Å²) in [5.41, 5.74) is 0. The van der Waals surface area contributed by atoms with Crippen molar-refractivity contribution in [2.45, 2.75) is 462 Å². The molecular weight excluding hydrogens is 1050 g/mol. The van der Waals surface area contributed by atoms with Gasteiger partial charge in [-0.25, -0.2) is 0 Å². The highest BCUT2D eigenvalue weighted by Gasteiger charge is 2.28. The maximum atomic E-state index is 12.7. The van der Waals surface area contributed by atoms with Crippen LogP contribution in [0.15, 0.2) is 36.5 Å². The fourth-order valence-corrected chi connectivity index (χ4v) is 12.7. The predicted octanol–water partition coefficient (Wildman–Crippen LogP) is 25.0. The molecule has 0 aromatic rings. The molecule has 0 radical (unpaired) electrons. The molecule has 4 unspecified atom stereocenters. The van der Waals surface area contributed by atoms with E-state index >= 15 is 0 Å². The first-order valence-electron chi connectivity index (χ1n) is 39.4. The van der Waals surface area contributed by atoms with Crippen molar-refractivity contribution >= 4 is 5.91 Å². The van der Waals surface area contributed by atoms with Gasteiger partial charge in [0.05, 0.1) is 18.8 Å². The number of carbonyl (C=O) groups excluding carboxylic acids is 1. The van der Waals surface area contributed by atoms with Crippen LogP contribution >= 0.6 is 0 Å². The predicted molar refractivity (Wildman–Crippen MR) is 381 cm³/mol. The molecule has 0 aromatic heterocycles. The summed E-state index contributed by atoms with van der Waals surface area (Å²) in [6.07, 6.45) is 97.5. The van der Waals surface area contributed by atoms with Crippen LogP contribution in [0.5, 0.6) is 0 Å². The zero-order chi connectivity index (χ0) is 62.2. The largest absolute Gasteiger partial charge is 0.394 e. The Labute approximate surface area is 538 Å². The molecular formula is C80H155NO5. The molecule has 0 spiro atoms. The lowest BCUT2D eigenvalue weighted by atomic mass is 10.00. The van der Waals surface area contributed by atoms with Gasteiger partial charge in [0, 0.05) is 0 Å². The number of hydrogen-bond donors (Lipinski definition) is 5. The van der Waals surface area contributed by atoms with Gasteiger partial charge in [-0.3, -0.25) is 4.79 Å². The Kier molecular flexibility index (Phi) is 73.0. The molecule has 0 aliphatic carbocycles. The zero-order valence-electron chi connectivity index (χ0n) is 58.3. The van der Waals surface area contributed by atoms with Gasteiger partial charge in [0.25, 0.3) is 0 Å². The van der Waals surface area contributed by atoms with Crippen LogP contribution in [0.4, 0.5) is 0 Å². The van der Waals surface area contributed by atoms with E-state index in [1.54, 1.807) is 0 Å². The number of rotatable bonds is 74. The van der Waals surface area contributed by atoms with E-state index in [1.807, 2.05) is 0 Å². The lowest BCUT2D eigenvalue weighted by Crippen LogP contribution is -2.53. The number of allylic oxidation sites excluding steroid dienone is 6. The van der Waals surface area contributed by atoms with E-state index in [1.165, 1.54) is 366 Å². The Hall–Kier alpha value is -1.47. The first-order valence-corrected chi connectivity index (χ1v) is 39.4. The van der Waals surface area contributed by atoms with Crippen LogP contribution in [0, 0.1) is 0 Å². The van der Waals surface area contributed by atoms with Gasteiger partial charge < -0.3 is 25.7 Å². The Bertz CT molecular complexity index is 1360. The minimum Gasteiger partial charge on any atom is -0.394 e. The summed E-state index contributed by atoms with van der Waals surface area (Å²) >= 11 is 0. The highest BCUT2D eigenvalue weighted by atomic mass is 16.3. The van der Waals surface area contributed by atoms with Crippen LogP contribution in [0.3, 0.4) is 0 Å². The lowest BCUT2D eigenvalue weighted by Gasteiger charge is -2.27. The molecule has 1 amide bonds. The second kappa shape index (κ2) is 74.3. The molecule has 0 aliphatic rings. The van der Waals surface area contributed by atoms with E-state index in [-0.39, 0.29) is 0 Å². The van der Waals surface area contributed by atoms with Crippen LogP contribution in [0.2, 0.25) is 0 Å². The van der Waals surface area contributed by atoms with Gasteiger partial charge in [-0.1, -0.05) is 397 Å². The standard InChI is InChI=1S/C80H155NO5/c1-3-5-7-9-11-13-15-17-19-21-23-25-27-29-31-33-35-37-38-39-40-41-42-44-46-48-50-52-54-56-58-60-62-64-66-68-70-72-74-78(84)80(86)81-76(75-82)79(85)77(83)73-71-69-67-65-63-61-59-57-55-53-51-49-47-45-43-36-34-32-30-28-26-24-22-20-18-16-14-12-10-8-6-4-2/h39-40,57,59,65,67,76-79,82-85H,3-38,41-56,58,60-64,66,68-75H2,1-2H3,(H,81,86)/b40-39-,59-57+,67-65+. The van der Waals surface area contributed by atoms with Crippen LogP contribution in [0.1, 0.15) is 438 Å².